The van der Waals surface area contributed by atoms with Gasteiger partial charge in [0.05, 0.1) is 0 Å². The van der Waals surface area contributed by atoms with Crippen molar-refractivity contribution in [3.63, 3.8) is 0 Å². The number of carboxylic acid groups (broad SMARTS) is 2. The van der Waals surface area contributed by atoms with E-state index in [4.69, 9.17) is 10.2 Å². The topological polar surface area (TPSA) is 77.8 Å². The van der Waals surface area contributed by atoms with Crippen molar-refractivity contribution < 1.29 is 19.8 Å². The van der Waals surface area contributed by atoms with Crippen molar-refractivity contribution in [1.29, 1.82) is 0 Å². The van der Waals surface area contributed by atoms with E-state index in [-0.39, 0.29) is 12.8 Å². The zero-order valence-corrected chi connectivity index (χ0v) is 9.98. The minimum Gasteiger partial charge on any atom is -0.481 e. The standard InChI is InChI=1S/C11H21NO4/c1-3-7-12(8-4-2)9(11(15)16)5-6-10(13)14/h9H,3-8H2,1-2H3,(H,13,14)(H,15,16)/t9-/m0/s1. The quantitative estimate of drug-likeness (QED) is 0.627. The third kappa shape index (κ3) is 5.70. The van der Waals surface area contributed by atoms with Gasteiger partial charge in [-0.3, -0.25) is 14.5 Å². The molecule has 5 nitrogen and oxygen atoms in total. The molecule has 0 aromatic rings. The molecule has 0 spiro atoms. The molecule has 94 valence electrons. The second-order valence-electron chi connectivity index (χ2n) is 3.82. The molecule has 0 aromatic carbocycles. The van der Waals surface area contributed by atoms with E-state index in [9.17, 15) is 9.59 Å². The monoisotopic (exact) mass is 231 g/mol. The smallest absolute Gasteiger partial charge is 0.320 e. The van der Waals surface area contributed by atoms with E-state index in [1.54, 1.807) is 0 Å². The van der Waals surface area contributed by atoms with Gasteiger partial charge in [-0.1, -0.05) is 13.8 Å². The van der Waals surface area contributed by atoms with Gasteiger partial charge in [0.15, 0.2) is 0 Å². The molecule has 0 radical (unpaired) electrons. The van der Waals surface area contributed by atoms with E-state index in [0.29, 0.717) is 13.1 Å². The van der Waals surface area contributed by atoms with Crippen LogP contribution in [0.3, 0.4) is 0 Å². The number of hydrogen-bond acceptors (Lipinski definition) is 3. The second-order valence-corrected chi connectivity index (χ2v) is 3.82. The second kappa shape index (κ2) is 8.10. The molecule has 1 atom stereocenters. The predicted octanol–water partition coefficient (Wildman–Crippen LogP) is 1.43. The van der Waals surface area contributed by atoms with Crippen molar-refractivity contribution in [3.8, 4) is 0 Å². The number of carboxylic acids is 2. The van der Waals surface area contributed by atoms with Gasteiger partial charge in [0, 0.05) is 6.42 Å². The molecule has 5 heteroatoms. The van der Waals surface area contributed by atoms with Gasteiger partial charge < -0.3 is 10.2 Å². The van der Waals surface area contributed by atoms with Crippen molar-refractivity contribution in [2.75, 3.05) is 13.1 Å². The number of hydrogen-bond donors (Lipinski definition) is 2. The Morgan fingerprint density at radius 3 is 1.94 bits per heavy atom. The van der Waals surface area contributed by atoms with E-state index in [0.717, 1.165) is 12.8 Å². The van der Waals surface area contributed by atoms with Gasteiger partial charge in [-0.05, 0) is 32.4 Å². The van der Waals surface area contributed by atoms with Crippen LogP contribution in [-0.2, 0) is 9.59 Å². The Hall–Kier alpha value is -1.10. The third-order valence-corrected chi connectivity index (χ3v) is 2.38. The first kappa shape index (κ1) is 14.9. The summed E-state index contributed by atoms with van der Waals surface area (Å²) in [6, 6.07) is -0.670. The predicted molar refractivity (Wildman–Crippen MR) is 60.4 cm³/mol. The third-order valence-electron chi connectivity index (χ3n) is 2.38. The van der Waals surface area contributed by atoms with Crippen LogP contribution in [-0.4, -0.2) is 46.2 Å². The van der Waals surface area contributed by atoms with Gasteiger partial charge in [0.2, 0.25) is 0 Å². The van der Waals surface area contributed by atoms with Crippen LogP contribution in [0.1, 0.15) is 39.5 Å². The maximum atomic E-state index is 11.1. The zero-order valence-electron chi connectivity index (χ0n) is 9.98. The molecule has 0 amide bonds. The lowest BCUT2D eigenvalue weighted by atomic mass is 10.1. The van der Waals surface area contributed by atoms with Gasteiger partial charge in [-0.25, -0.2) is 0 Å². The highest BCUT2D eigenvalue weighted by atomic mass is 16.4. The summed E-state index contributed by atoms with van der Waals surface area (Å²) in [5, 5.41) is 17.6. The molecule has 0 bridgehead atoms. The van der Waals surface area contributed by atoms with Crippen LogP contribution in [0.5, 0.6) is 0 Å². The molecule has 0 aliphatic carbocycles. The summed E-state index contributed by atoms with van der Waals surface area (Å²) >= 11 is 0. The minimum absolute atomic E-state index is 0.0963. The first-order chi connectivity index (χ1) is 7.52. The lowest BCUT2D eigenvalue weighted by Gasteiger charge is -2.27. The number of aliphatic carboxylic acids is 2. The van der Waals surface area contributed by atoms with Gasteiger partial charge in [-0.15, -0.1) is 0 Å². The van der Waals surface area contributed by atoms with Gasteiger partial charge in [0.25, 0.3) is 0 Å². The molecule has 0 aromatic heterocycles. The van der Waals surface area contributed by atoms with Crippen LogP contribution < -0.4 is 0 Å². The largest absolute Gasteiger partial charge is 0.481 e. The van der Waals surface area contributed by atoms with Crippen molar-refractivity contribution >= 4 is 11.9 Å². The number of rotatable bonds is 9. The van der Waals surface area contributed by atoms with Crippen molar-refractivity contribution in [2.24, 2.45) is 0 Å². The fourth-order valence-electron chi connectivity index (χ4n) is 1.72. The summed E-state index contributed by atoms with van der Waals surface area (Å²) in [5.41, 5.74) is 0. The van der Waals surface area contributed by atoms with Crippen LogP contribution in [0.2, 0.25) is 0 Å². The summed E-state index contributed by atoms with van der Waals surface area (Å²) < 4.78 is 0. The van der Waals surface area contributed by atoms with E-state index in [1.807, 2.05) is 18.7 Å². The van der Waals surface area contributed by atoms with E-state index >= 15 is 0 Å². The number of carbonyl (C=O) groups is 2. The Balaban J connectivity index is 4.43. The zero-order chi connectivity index (χ0) is 12.6. The van der Waals surface area contributed by atoms with Gasteiger partial charge >= 0.3 is 11.9 Å². The maximum absolute atomic E-state index is 11.1. The van der Waals surface area contributed by atoms with E-state index < -0.39 is 18.0 Å². The van der Waals surface area contributed by atoms with Crippen LogP contribution >= 0.6 is 0 Å². The fraction of sp³-hybridized carbons (Fsp3) is 0.818. The highest BCUT2D eigenvalue weighted by molar-refractivity contribution is 5.75. The van der Waals surface area contributed by atoms with Crippen LogP contribution in [0, 0.1) is 0 Å². The van der Waals surface area contributed by atoms with Crippen molar-refractivity contribution in [3.05, 3.63) is 0 Å². The Kier molecular flexibility index (Phi) is 7.54. The average molecular weight is 231 g/mol. The molecule has 0 aliphatic heterocycles. The van der Waals surface area contributed by atoms with E-state index in [1.165, 1.54) is 0 Å². The molecule has 0 heterocycles. The Labute approximate surface area is 96.1 Å². The fourth-order valence-corrected chi connectivity index (χ4v) is 1.72. The highest BCUT2D eigenvalue weighted by Gasteiger charge is 2.24. The molecule has 0 aliphatic rings. The highest BCUT2D eigenvalue weighted by Crippen LogP contribution is 2.09. The summed E-state index contributed by atoms with van der Waals surface area (Å²) in [5.74, 6) is -1.87. The SMILES string of the molecule is CCCN(CCC)[C@@H](CCC(=O)O)C(=O)O. The first-order valence-electron chi connectivity index (χ1n) is 5.71. The van der Waals surface area contributed by atoms with Gasteiger partial charge in [-0.2, -0.15) is 0 Å². The molecular formula is C11H21NO4. The van der Waals surface area contributed by atoms with Crippen LogP contribution in [0.25, 0.3) is 0 Å². The number of nitrogens with zero attached hydrogens (tertiary/aromatic N) is 1. The normalized spacial score (nSPS) is 12.7. The van der Waals surface area contributed by atoms with Crippen LogP contribution in [0.15, 0.2) is 0 Å². The minimum atomic E-state index is -0.945. The summed E-state index contributed by atoms with van der Waals surface area (Å²) in [6.07, 6.45) is 1.82. The van der Waals surface area contributed by atoms with Crippen molar-refractivity contribution in [2.45, 2.75) is 45.6 Å². The lowest BCUT2D eigenvalue weighted by molar-refractivity contribution is -0.144. The Morgan fingerprint density at radius 2 is 1.62 bits per heavy atom. The molecular weight excluding hydrogens is 210 g/mol. The van der Waals surface area contributed by atoms with Gasteiger partial charge in [0.1, 0.15) is 6.04 Å². The molecule has 0 saturated heterocycles. The molecule has 0 rings (SSSR count). The lowest BCUT2D eigenvalue weighted by Crippen LogP contribution is -2.42. The first-order valence-corrected chi connectivity index (χ1v) is 5.71. The summed E-state index contributed by atoms with van der Waals surface area (Å²) in [7, 11) is 0. The molecule has 0 unspecified atom stereocenters. The average Bonchev–Trinajstić information content (AvgIpc) is 2.17. The summed E-state index contributed by atoms with van der Waals surface area (Å²) in [6.45, 7) is 5.37. The van der Waals surface area contributed by atoms with Crippen molar-refractivity contribution in [1.82, 2.24) is 4.90 Å². The Morgan fingerprint density at radius 1 is 1.12 bits per heavy atom. The molecule has 0 saturated carbocycles. The molecule has 16 heavy (non-hydrogen) atoms. The maximum Gasteiger partial charge on any atom is 0.320 e. The van der Waals surface area contributed by atoms with Crippen LogP contribution in [0.4, 0.5) is 0 Å². The molecule has 0 fully saturated rings. The summed E-state index contributed by atoms with van der Waals surface area (Å²) in [4.78, 5) is 23.4. The molecule has 2 N–H and O–H groups in total. The van der Waals surface area contributed by atoms with E-state index in [2.05, 4.69) is 0 Å². The Bertz CT molecular complexity index is 224.